The standard InChI is InChI=1S/C22H30F2N4O3/c1-30-14-20(29)25-17-4-2-15(3-5-17)6-7-27-8-10-28(11-9-27)22-18-12-16(23)13-19(24)21(18)31-26-22/h12-13,15,17H,2-11,14H2,1H3,(H,25,29)/t15-,17-. The average molecular weight is 437 g/mol. The molecule has 0 bridgehead atoms. The van der Waals surface area contributed by atoms with E-state index in [-0.39, 0.29) is 24.1 Å². The van der Waals surface area contributed by atoms with E-state index in [4.69, 9.17) is 9.26 Å². The molecule has 7 nitrogen and oxygen atoms in total. The summed E-state index contributed by atoms with van der Waals surface area (Å²) in [5.74, 6) is -0.170. The Bertz CT molecular complexity index is 890. The smallest absolute Gasteiger partial charge is 0.246 e. The quantitative estimate of drug-likeness (QED) is 0.720. The number of ether oxygens (including phenoxy) is 1. The molecule has 1 amide bonds. The van der Waals surface area contributed by atoms with Gasteiger partial charge in [-0.15, -0.1) is 0 Å². The lowest BCUT2D eigenvalue weighted by molar-refractivity contribution is -0.125. The number of carbonyl (C=O) groups excluding carboxylic acids is 1. The molecule has 0 radical (unpaired) electrons. The number of piperazine rings is 1. The minimum atomic E-state index is -0.722. The summed E-state index contributed by atoms with van der Waals surface area (Å²) < 4.78 is 37.5. The van der Waals surface area contributed by atoms with Crippen molar-refractivity contribution in [2.45, 2.75) is 38.1 Å². The van der Waals surface area contributed by atoms with Crippen molar-refractivity contribution < 1.29 is 22.8 Å². The minimum Gasteiger partial charge on any atom is -0.375 e. The van der Waals surface area contributed by atoms with Gasteiger partial charge in [0.2, 0.25) is 11.5 Å². The molecule has 1 saturated carbocycles. The number of anilines is 1. The second-order valence-electron chi connectivity index (χ2n) is 8.61. The number of aromatic nitrogens is 1. The number of nitrogens with one attached hydrogen (secondary N) is 1. The average Bonchev–Trinajstić information content (AvgIpc) is 3.18. The summed E-state index contributed by atoms with van der Waals surface area (Å²) in [6.07, 6.45) is 5.49. The number of amides is 1. The van der Waals surface area contributed by atoms with E-state index in [0.717, 1.165) is 70.9 Å². The molecule has 2 aliphatic rings. The Morgan fingerprint density at radius 2 is 1.94 bits per heavy atom. The number of carbonyl (C=O) groups is 1. The van der Waals surface area contributed by atoms with E-state index in [1.165, 1.54) is 13.2 Å². The Kier molecular flexibility index (Phi) is 7.02. The highest BCUT2D eigenvalue weighted by molar-refractivity contribution is 5.89. The highest BCUT2D eigenvalue weighted by Gasteiger charge is 2.26. The first-order chi connectivity index (χ1) is 15.0. The van der Waals surface area contributed by atoms with Crippen LogP contribution in [0.5, 0.6) is 0 Å². The van der Waals surface area contributed by atoms with E-state index in [1.807, 2.05) is 4.90 Å². The monoisotopic (exact) mass is 436 g/mol. The molecule has 9 heteroatoms. The normalized spacial score (nSPS) is 22.7. The Morgan fingerprint density at radius 3 is 2.65 bits per heavy atom. The number of rotatable bonds is 7. The summed E-state index contributed by atoms with van der Waals surface area (Å²) in [5, 5.41) is 7.42. The molecule has 0 atom stereocenters. The van der Waals surface area contributed by atoms with Crippen molar-refractivity contribution in [3.63, 3.8) is 0 Å². The van der Waals surface area contributed by atoms with Gasteiger partial charge in [0.25, 0.3) is 0 Å². The molecule has 1 aliphatic heterocycles. The summed E-state index contributed by atoms with van der Waals surface area (Å²) >= 11 is 0. The lowest BCUT2D eigenvalue weighted by atomic mass is 9.84. The number of benzene rings is 1. The van der Waals surface area contributed by atoms with Gasteiger partial charge in [0, 0.05) is 45.4 Å². The number of nitrogens with zero attached hydrogens (tertiary/aromatic N) is 3. The molecule has 2 aromatic rings. The van der Waals surface area contributed by atoms with Gasteiger partial charge in [-0.1, -0.05) is 5.16 Å². The molecule has 0 unspecified atom stereocenters. The van der Waals surface area contributed by atoms with E-state index in [1.54, 1.807) is 0 Å². The summed E-state index contributed by atoms with van der Waals surface area (Å²) in [6, 6.07) is 2.37. The molecule has 1 aromatic carbocycles. The number of methoxy groups -OCH3 is 1. The van der Waals surface area contributed by atoms with Crippen molar-refractivity contribution in [1.82, 2.24) is 15.4 Å². The van der Waals surface area contributed by atoms with Crippen LogP contribution >= 0.6 is 0 Å². The van der Waals surface area contributed by atoms with Gasteiger partial charge in [-0.05, 0) is 50.6 Å². The first-order valence-electron chi connectivity index (χ1n) is 11.0. The highest BCUT2D eigenvalue weighted by Crippen LogP contribution is 2.30. The van der Waals surface area contributed by atoms with Crippen LogP contribution in [-0.2, 0) is 9.53 Å². The summed E-state index contributed by atoms with van der Waals surface area (Å²) in [7, 11) is 1.53. The van der Waals surface area contributed by atoms with Gasteiger partial charge in [-0.25, -0.2) is 8.78 Å². The first kappa shape index (κ1) is 22.0. The van der Waals surface area contributed by atoms with Gasteiger partial charge in [-0.2, -0.15) is 0 Å². The largest absolute Gasteiger partial charge is 0.375 e. The molecular formula is C22H30F2N4O3. The molecule has 170 valence electrons. The van der Waals surface area contributed by atoms with Crippen molar-refractivity contribution >= 4 is 22.7 Å². The van der Waals surface area contributed by atoms with Crippen LogP contribution in [0.1, 0.15) is 32.1 Å². The van der Waals surface area contributed by atoms with E-state index < -0.39 is 11.6 Å². The molecule has 1 N–H and O–H groups in total. The van der Waals surface area contributed by atoms with E-state index in [2.05, 4.69) is 15.4 Å². The second kappa shape index (κ2) is 9.91. The predicted molar refractivity (Wildman–Crippen MR) is 113 cm³/mol. The lowest BCUT2D eigenvalue weighted by Crippen LogP contribution is -2.47. The fourth-order valence-corrected chi connectivity index (χ4v) is 4.73. The van der Waals surface area contributed by atoms with Crippen LogP contribution in [0.4, 0.5) is 14.6 Å². The lowest BCUT2D eigenvalue weighted by Gasteiger charge is -2.36. The summed E-state index contributed by atoms with van der Waals surface area (Å²) in [5.41, 5.74) is 0.00726. The van der Waals surface area contributed by atoms with Crippen LogP contribution in [0.15, 0.2) is 16.7 Å². The zero-order valence-electron chi connectivity index (χ0n) is 17.9. The van der Waals surface area contributed by atoms with Crippen molar-refractivity contribution in [3.8, 4) is 0 Å². The van der Waals surface area contributed by atoms with Gasteiger partial charge in [0.1, 0.15) is 12.4 Å². The number of hydrogen-bond acceptors (Lipinski definition) is 6. The van der Waals surface area contributed by atoms with Crippen LogP contribution in [0.2, 0.25) is 0 Å². The van der Waals surface area contributed by atoms with Crippen LogP contribution in [-0.4, -0.2) is 68.4 Å². The third-order valence-electron chi connectivity index (χ3n) is 6.49. The fourth-order valence-electron chi connectivity index (χ4n) is 4.73. The van der Waals surface area contributed by atoms with Crippen molar-refractivity contribution in [2.24, 2.45) is 5.92 Å². The van der Waals surface area contributed by atoms with Crippen molar-refractivity contribution in [3.05, 3.63) is 23.8 Å². The molecule has 1 aromatic heterocycles. The Morgan fingerprint density at radius 1 is 1.19 bits per heavy atom. The van der Waals surface area contributed by atoms with E-state index >= 15 is 0 Å². The minimum absolute atomic E-state index is 0.00726. The first-order valence-corrected chi connectivity index (χ1v) is 11.0. The molecular weight excluding hydrogens is 406 g/mol. The molecule has 4 rings (SSSR count). The molecule has 0 spiro atoms. The predicted octanol–water partition coefficient (Wildman–Crippen LogP) is 2.94. The third kappa shape index (κ3) is 5.33. The number of halogens is 2. The molecule has 31 heavy (non-hydrogen) atoms. The van der Waals surface area contributed by atoms with Crippen LogP contribution < -0.4 is 10.2 Å². The van der Waals surface area contributed by atoms with Gasteiger partial charge >= 0.3 is 0 Å². The fraction of sp³-hybridized carbons (Fsp3) is 0.636. The zero-order valence-corrected chi connectivity index (χ0v) is 17.9. The zero-order chi connectivity index (χ0) is 21.8. The Balaban J connectivity index is 1.21. The summed E-state index contributed by atoms with van der Waals surface area (Å²) in [6.45, 7) is 4.43. The third-order valence-corrected chi connectivity index (χ3v) is 6.49. The Hall–Kier alpha value is -2.26. The number of fused-ring (bicyclic) bond motifs is 1. The topological polar surface area (TPSA) is 70.8 Å². The van der Waals surface area contributed by atoms with Gasteiger partial charge < -0.3 is 19.5 Å². The van der Waals surface area contributed by atoms with Crippen molar-refractivity contribution in [2.75, 3.05) is 51.3 Å². The highest BCUT2D eigenvalue weighted by atomic mass is 19.1. The maximum absolute atomic E-state index is 13.9. The van der Waals surface area contributed by atoms with E-state index in [0.29, 0.717) is 17.1 Å². The second-order valence-corrected chi connectivity index (χ2v) is 8.61. The van der Waals surface area contributed by atoms with Gasteiger partial charge in [0.05, 0.1) is 5.39 Å². The maximum Gasteiger partial charge on any atom is 0.246 e. The van der Waals surface area contributed by atoms with Gasteiger partial charge in [-0.3, -0.25) is 9.69 Å². The molecule has 1 aliphatic carbocycles. The van der Waals surface area contributed by atoms with Crippen LogP contribution in [0.3, 0.4) is 0 Å². The SMILES string of the molecule is COCC(=O)N[C@H]1CC[C@H](CCN2CCN(c3noc4c(F)cc(F)cc34)CC2)CC1. The molecule has 2 fully saturated rings. The van der Waals surface area contributed by atoms with E-state index in [9.17, 15) is 13.6 Å². The summed E-state index contributed by atoms with van der Waals surface area (Å²) in [4.78, 5) is 16.1. The molecule has 2 heterocycles. The Labute approximate surface area is 180 Å². The van der Waals surface area contributed by atoms with Crippen LogP contribution in [0.25, 0.3) is 11.0 Å². The van der Waals surface area contributed by atoms with Gasteiger partial charge in [0.15, 0.2) is 11.6 Å². The molecule has 1 saturated heterocycles. The number of hydrogen-bond donors (Lipinski definition) is 1. The van der Waals surface area contributed by atoms with Crippen molar-refractivity contribution in [1.29, 1.82) is 0 Å². The van der Waals surface area contributed by atoms with Crippen LogP contribution in [0, 0.1) is 17.6 Å². The maximum atomic E-state index is 13.9.